The van der Waals surface area contributed by atoms with Gasteiger partial charge in [-0.25, -0.2) is 0 Å². The van der Waals surface area contributed by atoms with Gasteiger partial charge < -0.3 is 0 Å². The Morgan fingerprint density at radius 2 is 2.10 bits per heavy atom. The average Bonchev–Trinajstić information content (AvgIpc) is 2.88. The van der Waals surface area contributed by atoms with Gasteiger partial charge in [-0.2, -0.15) is 0 Å². The molecule has 2 aromatic carbocycles. The van der Waals surface area contributed by atoms with Gasteiger partial charge in [0.1, 0.15) is 0 Å². The lowest BCUT2D eigenvalue weighted by atomic mass is 9.98. The molecular weight excluding hydrogens is 264 g/mol. The summed E-state index contributed by atoms with van der Waals surface area (Å²) in [4.78, 5) is 1.40. The molecule has 0 aromatic heterocycles. The monoisotopic (exact) mass is 284 g/mol. The van der Waals surface area contributed by atoms with E-state index in [2.05, 4.69) is 60.9 Å². The van der Waals surface area contributed by atoms with Crippen molar-refractivity contribution in [2.75, 3.05) is 0 Å². The minimum Gasteiger partial charge on any atom is -0.271 e. The fourth-order valence-electron chi connectivity index (χ4n) is 2.82. The number of nitrogens with two attached hydrogens (primary N) is 1. The summed E-state index contributed by atoms with van der Waals surface area (Å²) in [7, 11) is 0. The molecule has 0 radical (unpaired) electrons. The van der Waals surface area contributed by atoms with E-state index in [0.717, 1.165) is 12.8 Å². The lowest BCUT2D eigenvalue weighted by Crippen LogP contribution is -2.44. The number of rotatable bonds is 4. The van der Waals surface area contributed by atoms with Crippen molar-refractivity contribution in [3.63, 3.8) is 0 Å². The van der Waals surface area contributed by atoms with Crippen molar-refractivity contribution < 1.29 is 0 Å². The number of aryl methyl sites for hydroxylation is 1. The predicted molar refractivity (Wildman–Crippen MR) is 85.8 cm³/mol. The van der Waals surface area contributed by atoms with Crippen LogP contribution in [0.25, 0.3) is 0 Å². The first kappa shape index (κ1) is 13.7. The molecule has 0 aliphatic carbocycles. The number of thioether (sulfide) groups is 1. The zero-order valence-corrected chi connectivity index (χ0v) is 12.5. The molecule has 2 atom stereocenters. The molecule has 3 heteroatoms. The molecule has 2 aromatic rings. The Kier molecular flexibility index (Phi) is 4.10. The summed E-state index contributed by atoms with van der Waals surface area (Å²) >= 11 is 1.95. The van der Waals surface area contributed by atoms with E-state index < -0.39 is 0 Å². The van der Waals surface area contributed by atoms with Crippen LogP contribution in [-0.4, -0.2) is 11.3 Å². The highest BCUT2D eigenvalue weighted by Gasteiger charge is 2.28. The van der Waals surface area contributed by atoms with Gasteiger partial charge in [0, 0.05) is 16.2 Å². The molecule has 1 aliphatic rings. The van der Waals surface area contributed by atoms with Crippen molar-refractivity contribution >= 4 is 11.8 Å². The largest absolute Gasteiger partial charge is 0.271 e. The summed E-state index contributed by atoms with van der Waals surface area (Å²) in [5.41, 5.74) is 7.13. The first-order chi connectivity index (χ1) is 9.76. The van der Waals surface area contributed by atoms with E-state index in [4.69, 9.17) is 5.84 Å². The maximum absolute atomic E-state index is 5.81. The lowest BCUT2D eigenvalue weighted by molar-refractivity contribution is 0.506. The van der Waals surface area contributed by atoms with Gasteiger partial charge in [-0.3, -0.25) is 11.3 Å². The van der Waals surface area contributed by atoms with Crippen molar-refractivity contribution in [3.8, 4) is 0 Å². The van der Waals surface area contributed by atoms with Crippen molar-refractivity contribution in [2.45, 2.75) is 36.0 Å². The van der Waals surface area contributed by atoms with E-state index in [1.807, 2.05) is 11.8 Å². The smallest absolute Gasteiger partial charge is 0.0376 e. The number of hydrogen-bond donors (Lipinski definition) is 2. The first-order valence-corrected chi connectivity index (χ1v) is 7.90. The second-order valence-electron chi connectivity index (χ2n) is 5.43. The lowest BCUT2D eigenvalue weighted by Gasteiger charge is -2.22. The van der Waals surface area contributed by atoms with Crippen molar-refractivity contribution in [2.24, 2.45) is 5.84 Å². The van der Waals surface area contributed by atoms with E-state index in [-0.39, 0.29) is 0 Å². The Hall–Kier alpha value is -1.29. The quantitative estimate of drug-likeness (QED) is 0.669. The molecule has 1 heterocycles. The van der Waals surface area contributed by atoms with Crippen LogP contribution >= 0.6 is 11.8 Å². The molecule has 3 N–H and O–H groups in total. The third-order valence-corrected chi connectivity index (χ3v) is 5.32. The van der Waals surface area contributed by atoms with Crippen LogP contribution in [0.2, 0.25) is 0 Å². The van der Waals surface area contributed by atoms with Crippen molar-refractivity contribution in [1.82, 2.24) is 5.43 Å². The summed E-state index contributed by atoms with van der Waals surface area (Å²) < 4.78 is 0. The predicted octanol–water partition coefficient (Wildman–Crippen LogP) is 3.09. The van der Waals surface area contributed by atoms with Gasteiger partial charge in [-0.05, 0) is 37.0 Å². The average molecular weight is 284 g/mol. The molecule has 1 aliphatic heterocycles. The fraction of sp³-hybridized carbons (Fsp3) is 0.294. The zero-order valence-electron chi connectivity index (χ0n) is 11.7. The third kappa shape index (κ3) is 2.90. The second kappa shape index (κ2) is 6.00. The Bertz CT molecular complexity index is 572. The molecule has 3 rings (SSSR count). The highest BCUT2D eigenvalue weighted by atomic mass is 32.2. The minimum atomic E-state index is 0.300. The normalized spacial score (nSPS) is 18.8. The SMILES string of the molecule is Cc1cccc(CC(NN)C2Cc3ccccc3S2)c1. The molecule has 2 unspecified atom stereocenters. The number of nitrogens with one attached hydrogen (secondary N) is 1. The maximum atomic E-state index is 5.81. The van der Waals surface area contributed by atoms with E-state index in [1.54, 1.807) is 0 Å². The highest BCUT2D eigenvalue weighted by molar-refractivity contribution is 8.00. The molecular formula is C17H20N2S. The number of hydrogen-bond acceptors (Lipinski definition) is 3. The van der Waals surface area contributed by atoms with Crippen molar-refractivity contribution in [3.05, 3.63) is 65.2 Å². The van der Waals surface area contributed by atoms with Gasteiger partial charge in [-0.15, -0.1) is 11.8 Å². The van der Waals surface area contributed by atoms with Crippen LogP contribution in [0.3, 0.4) is 0 Å². The molecule has 2 nitrogen and oxygen atoms in total. The third-order valence-electron chi connectivity index (χ3n) is 3.87. The van der Waals surface area contributed by atoms with Gasteiger partial charge in [0.2, 0.25) is 0 Å². The Labute approximate surface area is 124 Å². The van der Waals surface area contributed by atoms with E-state index >= 15 is 0 Å². The second-order valence-corrected chi connectivity index (χ2v) is 6.72. The van der Waals surface area contributed by atoms with Gasteiger partial charge in [-0.1, -0.05) is 48.0 Å². The Morgan fingerprint density at radius 3 is 2.85 bits per heavy atom. The summed E-state index contributed by atoms with van der Waals surface area (Å²) in [5.74, 6) is 5.81. The molecule has 0 saturated heterocycles. The number of hydrazine groups is 1. The minimum absolute atomic E-state index is 0.300. The zero-order chi connectivity index (χ0) is 13.9. The molecule has 0 bridgehead atoms. The van der Waals surface area contributed by atoms with Crippen LogP contribution in [0.4, 0.5) is 0 Å². The molecule has 104 valence electrons. The summed E-state index contributed by atoms with van der Waals surface area (Å²) in [6.07, 6.45) is 2.07. The summed E-state index contributed by atoms with van der Waals surface area (Å²) in [6, 6.07) is 17.6. The number of benzene rings is 2. The van der Waals surface area contributed by atoms with Crippen LogP contribution in [0.5, 0.6) is 0 Å². The fourth-order valence-corrected chi connectivity index (χ4v) is 4.21. The Balaban J connectivity index is 1.72. The van der Waals surface area contributed by atoms with Crippen LogP contribution in [0.1, 0.15) is 16.7 Å². The van der Waals surface area contributed by atoms with Gasteiger partial charge >= 0.3 is 0 Å². The summed E-state index contributed by atoms with van der Waals surface area (Å²) in [6.45, 7) is 2.13. The summed E-state index contributed by atoms with van der Waals surface area (Å²) in [5, 5.41) is 0.512. The topological polar surface area (TPSA) is 38.0 Å². The molecule has 0 amide bonds. The van der Waals surface area contributed by atoms with E-state index in [1.165, 1.54) is 21.6 Å². The van der Waals surface area contributed by atoms with Crippen molar-refractivity contribution in [1.29, 1.82) is 0 Å². The standard InChI is InChI=1S/C17H20N2S/c1-12-5-4-6-13(9-12)10-15(19-18)17-11-14-7-2-3-8-16(14)20-17/h2-9,15,17,19H,10-11,18H2,1H3. The molecule has 20 heavy (non-hydrogen) atoms. The Morgan fingerprint density at radius 1 is 1.25 bits per heavy atom. The molecule has 0 fully saturated rings. The van der Waals surface area contributed by atoms with Crippen LogP contribution < -0.4 is 11.3 Å². The van der Waals surface area contributed by atoms with Gasteiger partial charge in [0.25, 0.3) is 0 Å². The molecule has 0 saturated carbocycles. The molecule has 0 spiro atoms. The van der Waals surface area contributed by atoms with Gasteiger partial charge in [0.15, 0.2) is 0 Å². The van der Waals surface area contributed by atoms with E-state index in [9.17, 15) is 0 Å². The van der Waals surface area contributed by atoms with Gasteiger partial charge in [0.05, 0.1) is 0 Å². The van der Waals surface area contributed by atoms with Crippen LogP contribution in [-0.2, 0) is 12.8 Å². The highest BCUT2D eigenvalue weighted by Crippen LogP contribution is 2.38. The van der Waals surface area contributed by atoms with Crippen LogP contribution in [0, 0.1) is 6.92 Å². The van der Waals surface area contributed by atoms with E-state index in [0.29, 0.717) is 11.3 Å². The first-order valence-electron chi connectivity index (χ1n) is 7.02. The maximum Gasteiger partial charge on any atom is 0.0376 e. The van der Waals surface area contributed by atoms with Crippen LogP contribution in [0.15, 0.2) is 53.4 Å². The number of fused-ring (bicyclic) bond motifs is 1.